The van der Waals surface area contributed by atoms with E-state index in [0.717, 1.165) is 25.8 Å². The van der Waals surface area contributed by atoms with Crippen molar-refractivity contribution in [2.45, 2.75) is 13.3 Å². The first-order chi connectivity index (χ1) is 4.89. The quantitative estimate of drug-likeness (QED) is 0.520. The lowest BCUT2D eigenvalue weighted by Crippen LogP contribution is -1.82. The zero-order valence-corrected chi connectivity index (χ0v) is 6.63. The Balaban J connectivity index is 0. The van der Waals surface area contributed by atoms with Crippen molar-refractivity contribution in [2.75, 3.05) is 13.7 Å². The van der Waals surface area contributed by atoms with Crippen LogP contribution in [0.3, 0.4) is 0 Å². The molecule has 0 aromatic heterocycles. The van der Waals surface area contributed by atoms with Crippen molar-refractivity contribution in [1.82, 2.24) is 0 Å². The number of rotatable bonds is 0. The molecule has 0 aliphatic carbocycles. The molecular weight excluding hydrogens is 130 g/mol. The van der Waals surface area contributed by atoms with Gasteiger partial charge in [-0.05, 0) is 6.92 Å². The minimum absolute atomic E-state index is 0.784. The van der Waals surface area contributed by atoms with E-state index in [4.69, 9.17) is 5.11 Å². The first-order valence-electron chi connectivity index (χ1n) is 3.00. The van der Waals surface area contributed by atoms with Crippen molar-refractivity contribution < 1.29 is 9.94 Å². The molecule has 1 aliphatic rings. The molecule has 0 bridgehead atoms. The number of hydrogen-bond donors (Lipinski definition) is 1. The lowest BCUT2D eigenvalue weighted by atomic mass is 10.3. The predicted octanol–water partition coefficient (Wildman–Crippen LogP) is 1.19. The second-order valence-corrected chi connectivity index (χ2v) is 1.41. The van der Waals surface area contributed by atoms with Crippen molar-refractivity contribution in [3.8, 4) is 0 Å². The number of aliphatic hydroxyl groups is 1. The molecule has 0 fully saturated rings. The summed E-state index contributed by atoms with van der Waals surface area (Å²) in [5.41, 5.74) is 1.11. The molecule has 1 N–H and O–H groups in total. The minimum atomic E-state index is 0.784. The SMILES string of the molecule is C=C.CC1=NOCC1.CO. The molecule has 0 spiro atoms. The third-order valence-corrected chi connectivity index (χ3v) is 0.776. The first kappa shape index (κ1) is 11.9. The van der Waals surface area contributed by atoms with Crippen molar-refractivity contribution in [2.24, 2.45) is 5.16 Å². The van der Waals surface area contributed by atoms with Gasteiger partial charge in [0, 0.05) is 13.5 Å². The molecule has 0 atom stereocenters. The van der Waals surface area contributed by atoms with E-state index in [1.807, 2.05) is 6.92 Å². The van der Waals surface area contributed by atoms with Gasteiger partial charge in [0.25, 0.3) is 0 Å². The van der Waals surface area contributed by atoms with E-state index in [1.165, 1.54) is 0 Å². The predicted molar refractivity (Wildman–Crippen MR) is 43.1 cm³/mol. The summed E-state index contributed by atoms with van der Waals surface area (Å²) in [6, 6.07) is 0. The Hall–Kier alpha value is -0.830. The lowest BCUT2D eigenvalue weighted by molar-refractivity contribution is 0.173. The number of hydrogen-bond acceptors (Lipinski definition) is 3. The van der Waals surface area contributed by atoms with E-state index >= 15 is 0 Å². The Labute approximate surface area is 62.0 Å². The van der Waals surface area contributed by atoms with Crippen LogP contribution in [0.1, 0.15) is 13.3 Å². The van der Waals surface area contributed by atoms with Crippen LogP contribution in [-0.2, 0) is 4.84 Å². The summed E-state index contributed by atoms with van der Waals surface area (Å²) >= 11 is 0. The molecule has 0 aromatic carbocycles. The van der Waals surface area contributed by atoms with Crippen LogP contribution in [0.25, 0.3) is 0 Å². The third-order valence-electron chi connectivity index (χ3n) is 0.776. The molecule has 0 aromatic rings. The van der Waals surface area contributed by atoms with E-state index in [-0.39, 0.29) is 0 Å². The fraction of sp³-hybridized carbons (Fsp3) is 0.571. The molecule has 60 valence electrons. The van der Waals surface area contributed by atoms with Gasteiger partial charge in [0.1, 0.15) is 6.61 Å². The monoisotopic (exact) mass is 145 g/mol. The Morgan fingerprint density at radius 1 is 1.50 bits per heavy atom. The molecular formula is C7H15NO2. The summed E-state index contributed by atoms with van der Waals surface area (Å²) in [7, 11) is 1.00. The second-order valence-electron chi connectivity index (χ2n) is 1.41. The molecule has 3 heteroatoms. The Morgan fingerprint density at radius 2 is 2.00 bits per heavy atom. The molecule has 1 aliphatic heterocycles. The summed E-state index contributed by atoms with van der Waals surface area (Å²) < 4.78 is 0. The lowest BCUT2D eigenvalue weighted by Gasteiger charge is -1.76. The molecule has 0 saturated heterocycles. The van der Waals surface area contributed by atoms with E-state index in [1.54, 1.807) is 0 Å². The summed E-state index contributed by atoms with van der Waals surface area (Å²) in [5.74, 6) is 0. The third kappa shape index (κ3) is 7.17. The molecule has 10 heavy (non-hydrogen) atoms. The molecule has 3 nitrogen and oxygen atoms in total. The maximum absolute atomic E-state index is 7.00. The Kier molecular flexibility index (Phi) is 13.1. The van der Waals surface area contributed by atoms with Gasteiger partial charge in [-0.1, -0.05) is 5.16 Å². The summed E-state index contributed by atoms with van der Waals surface area (Å²) in [4.78, 5) is 4.64. The van der Waals surface area contributed by atoms with Crippen LogP contribution in [0.15, 0.2) is 18.3 Å². The van der Waals surface area contributed by atoms with Gasteiger partial charge in [-0.25, -0.2) is 0 Å². The fourth-order valence-corrected chi connectivity index (χ4v) is 0.395. The van der Waals surface area contributed by atoms with Gasteiger partial charge in [0.05, 0.1) is 5.71 Å². The molecule has 0 unspecified atom stereocenters. The average molecular weight is 145 g/mol. The van der Waals surface area contributed by atoms with Gasteiger partial charge in [-0.3, -0.25) is 0 Å². The van der Waals surface area contributed by atoms with Crippen LogP contribution in [0.4, 0.5) is 0 Å². The molecule has 1 rings (SSSR count). The van der Waals surface area contributed by atoms with E-state index in [0.29, 0.717) is 0 Å². The second kappa shape index (κ2) is 11.0. The molecule has 1 heterocycles. The zero-order chi connectivity index (χ0) is 8.41. The van der Waals surface area contributed by atoms with E-state index in [2.05, 4.69) is 23.2 Å². The van der Waals surface area contributed by atoms with Crippen LogP contribution in [0.2, 0.25) is 0 Å². The minimum Gasteiger partial charge on any atom is -0.400 e. The fourth-order valence-electron chi connectivity index (χ4n) is 0.395. The highest BCUT2D eigenvalue weighted by Gasteiger charge is 1.98. The van der Waals surface area contributed by atoms with Crippen molar-refractivity contribution >= 4 is 5.71 Å². The molecule has 0 radical (unpaired) electrons. The summed E-state index contributed by atoms with van der Waals surface area (Å²) in [5, 5.41) is 10.7. The average Bonchev–Trinajstić information content (AvgIpc) is 2.48. The van der Waals surface area contributed by atoms with Gasteiger partial charge in [-0.15, -0.1) is 13.2 Å². The maximum Gasteiger partial charge on any atom is 0.122 e. The van der Waals surface area contributed by atoms with E-state index in [9.17, 15) is 0 Å². The highest BCUT2D eigenvalue weighted by Crippen LogP contribution is 1.96. The van der Waals surface area contributed by atoms with Gasteiger partial charge in [-0.2, -0.15) is 0 Å². The van der Waals surface area contributed by atoms with Crippen molar-refractivity contribution in [1.29, 1.82) is 0 Å². The van der Waals surface area contributed by atoms with Gasteiger partial charge >= 0.3 is 0 Å². The van der Waals surface area contributed by atoms with Crippen molar-refractivity contribution in [3.63, 3.8) is 0 Å². The van der Waals surface area contributed by atoms with Crippen LogP contribution < -0.4 is 0 Å². The number of oxime groups is 1. The van der Waals surface area contributed by atoms with E-state index < -0.39 is 0 Å². The molecule has 0 amide bonds. The van der Waals surface area contributed by atoms with Crippen LogP contribution >= 0.6 is 0 Å². The van der Waals surface area contributed by atoms with Gasteiger partial charge in [0.2, 0.25) is 0 Å². The maximum atomic E-state index is 7.00. The normalized spacial score (nSPS) is 12.9. The summed E-state index contributed by atoms with van der Waals surface area (Å²) in [6.45, 7) is 8.75. The smallest absolute Gasteiger partial charge is 0.122 e. The zero-order valence-electron chi connectivity index (χ0n) is 6.63. The van der Waals surface area contributed by atoms with Gasteiger partial charge in [0.15, 0.2) is 0 Å². The summed E-state index contributed by atoms with van der Waals surface area (Å²) in [6.07, 6.45) is 1.01. The van der Waals surface area contributed by atoms with Crippen LogP contribution in [0, 0.1) is 0 Å². The van der Waals surface area contributed by atoms with Crippen LogP contribution in [0.5, 0.6) is 0 Å². The highest BCUT2D eigenvalue weighted by molar-refractivity contribution is 5.82. The van der Waals surface area contributed by atoms with Crippen molar-refractivity contribution in [3.05, 3.63) is 13.2 Å². The number of nitrogens with zero attached hydrogens (tertiary/aromatic N) is 1. The highest BCUT2D eigenvalue weighted by atomic mass is 16.6. The standard InChI is InChI=1S/C4H7NO.C2H4.CH4O/c1-4-2-3-6-5-4;2*1-2/h2-3H2,1H3;1-2H2;2H,1H3. The molecule has 0 saturated carbocycles. The Morgan fingerprint density at radius 3 is 2.10 bits per heavy atom. The van der Waals surface area contributed by atoms with Gasteiger partial charge < -0.3 is 9.94 Å². The van der Waals surface area contributed by atoms with Crippen LogP contribution in [-0.4, -0.2) is 24.5 Å². The Bertz CT molecular complexity index is 91.6. The topological polar surface area (TPSA) is 41.8 Å². The first-order valence-corrected chi connectivity index (χ1v) is 3.00. The largest absolute Gasteiger partial charge is 0.400 e. The number of aliphatic hydroxyl groups excluding tert-OH is 1.